The van der Waals surface area contributed by atoms with Gasteiger partial charge in [0.1, 0.15) is 23.0 Å². The molecule has 290 valence electrons. The third-order valence-electron chi connectivity index (χ3n) is 10.7. The molecular formula is C49H52N6O2. The summed E-state index contributed by atoms with van der Waals surface area (Å²) in [5.74, 6) is 2.65. The molecule has 0 saturated heterocycles. The van der Waals surface area contributed by atoms with Gasteiger partial charge >= 0.3 is 0 Å². The molecule has 0 aliphatic carbocycles. The minimum atomic E-state index is -0.228. The van der Waals surface area contributed by atoms with Crippen LogP contribution >= 0.6 is 0 Å². The standard InChI is InChI=1S/C27H29N3O.C22H23N3O/c1-18-13-20(24(17-28)29-6)16-21(31-18)8-7-19-14-22-25-23(15-19)27(4,5)10-12-30(25)11-9-26(22,2)3;1-22(2,3)21-14-17(20(15-23)24-4)13-19(26-21)12-9-16-7-10-18(11-8-16)25(5)6/h7-8,13-16H,9-12H2,1-5H3;7-14H,1-3,5-6H3/b8-7+,24-20-;12-9+,20-17+. The van der Waals surface area contributed by atoms with Crippen molar-refractivity contribution in [2.45, 2.75) is 79.1 Å². The predicted molar refractivity (Wildman–Crippen MR) is 231 cm³/mol. The van der Waals surface area contributed by atoms with Crippen molar-refractivity contribution in [2.75, 3.05) is 37.0 Å². The number of allylic oxidation sites excluding steroid dienone is 12. The lowest BCUT2D eigenvalue weighted by Crippen LogP contribution is -2.44. The average Bonchev–Trinajstić information content (AvgIpc) is 3.16. The van der Waals surface area contributed by atoms with E-state index in [-0.39, 0.29) is 27.6 Å². The topological polar surface area (TPSA) is 81.2 Å². The number of hydrogen-bond acceptors (Lipinski definition) is 6. The van der Waals surface area contributed by atoms with Crippen LogP contribution in [0, 0.1) is 41.2 Å². The van der Waals surface area contributed by atoms with Gasteiger partial charge in [-0.25, -0.2) is 20.2 Å². The lowest BCUT2D eigenvalue weighted by Gasteiger charge is -2.48. The van der Waals surface area contributed by atoms with Crippen molar-refractivity contribution in [1.29, 1.82) is 10.5 Å². The summed E-state index contributed by atoms with van der Waals surface area (Å²) < 4.78 is 11.8. The van der Waals surface area contributed by atoms with E-state index in [9.17, 15) is 10.5 Å². The van der Waals surface area contributed by atoms with Crippen molar-refractivity contribution in [3.8, 4) is 12.1 Å². The van der Waals surface area contributed by atoms with Gasteiger partial charge in [0.15, 0.2) is 0 Å². The first-order valence-electron chi connectivity index (χ1n) is 19.2. The Morgan fingerprint density at radius 1 is 0.754 bits per heavy atom. The zero-order valence-corrected chi connectivity index (χ0v) is 34.9. The summed E-state index contributed by atoms with van der Waals surface area (Å²) in [5, 5.41) is 18.4. The second-order valence-electron chi connectivity index (χ2n) is 17.2. The summed E-state index contributed by atoms with van der Waals surface area (Å²) in [6.07, 6.45) is 17.2. The van der Waals surface area contributed by atoms with Gasteiger partial charge in [-0.15, -0.1) is 0 Å². The molecule has 2 aromatic rings. The Morgan fingerprint density at radius 3 is 1.72 bits per heavy atom. The van der Waals surface area contributed by atoms with Gasteiger partial charge < -0.3 is 19.3 Å². The second-order valence-corrected chi connectivity index (χ2v) is 17.2. The fourth-order valence-electron chi connectivity index (χ4n) is 7.10. The Kier molecular flexibility index (Phi) is 12.2. The summed E-state index contributed by atoms with van der Waals surface area (Å²) in [7, 11) is 4.01. The number of hydrogen-bond donors (Lipinski definition) is 0. The highest BCUT2D eigenvalue weighted by atomic mass is 16.5. The monoisotopic (exact) mass is 756 g/mol. The average molecular weight is 757 g/mol. The van der Waals surface area contributed by atoms with Crippen molar-refractivity contribution in [2.24, 2.45) is 5.41 Å². The van der Waals surface area contributed by atoms with Crippen molar-refractivity contribution in [1.82, 2.24) is 0 Å². The molecule has 8 heteroatoms. The SMILES string of the molecule is [C-]#[N+]/C(C#N)=C1/C=C(C)OC(/C=C/c2cc3c4c(c2)C(C)(C)CCN4CCC3(C)C)=C1.[C-]#[N+]/C(C#N)=C1C=C(/C=C/c2ccc(N(C)C)cc2)OC(C(C)(C)C)=C\1. The van der Waals surface area contributed by atoms with E-state index < -0.39 is 0 Å². The van der Waals surface area contributed by atoms with E-state index >= 15 is 0 Å². The molecule has 0 N–H and O–H groups in total. The predicted octanol–water partition coefficient (Wildman–Crippen LogP) is 11.7. The molecule has 0 radical (unpaired) electrons. The van der Waals surface area contributed by atoms with Gasteiger partial charge in [-0.1, -0.05) is 72.8 Å². The molecule has 57 heavy (non-hydrogen) atoms. The molecule has 0 bridgehead atoms. The molecular weight excluding hydrogens is 705 g/mol. The van der Waals surface area contributed by atoms with Crippen molar-refractivity contribution >= 4 is 23.5 Å². The molecule has 4 heterocycles. The molecule has 4 aliphatic rings. The number of rotatable bonds is 5. The van der Waals surface area contributed by atoms with E-state index in [4.69, 9.17) is 22.6 Å². The van der Waals surface area contributed by atoms with Crippen LogP contribution in [-0.2, 0) is 20.3 Å². The number of nitriles is 2. The molecule has 0 atom stereocenters. The van der Waals surface area contributed by atoms with Gasteiger partial charge in [-0.2, -0.15) is 0 Å². The minimum Gasteiger partial charge on any atom is -0.462 e. The van der Waals surface area contributed by atoms with Crippen molar-refractivity contribution in [3.63, 3.8) is 0 Å². The molecule has 6 rings (SSSR count). The van der Waals surface area contributed by atoms with Crippen LogP contribution in [0.4, 0.5) is 11.4 Å². The van der Waals surface area contributed by atoms with E-state index in [1.165, 1.54) is 16.8 Å². The third-order valence-corrected chi connectivity index (χ3v) is 10.7. The molecule has 8 nitrogen and oxygen atoms in total. The fourth-order valence-corrected chi connectivity index (χ4v) is 7.10. The van der Waals surface area contributed by atoms with E-state index in [0.717, 1.165) is 48.5 Å². The maximum absolute atomic E-state index is 9.21. The second kappa shape index (κ2) is 16.7. The van der Waals surface area contributed by atoms with Crippen LogP contribution in [0.15, 0.2) is 118 Å². The largest absolute Gasteiger partial charge is 0.462 e. The van der Waals surface area contributed by atoms with Crippen LogP contribution in [0.5, 0.6) is 0 Å². The molecule has 0 unspecified atom stereocenters. The molecule has 0 amide bonds. The highest BCUT2D eigenvalue weighted by molar-refractivity contribution is 5.72. The lowest BCUT2D eigenvalue weighted by atomic mass is 9.69. The Bertz CT molecular complexity index is 2280. The summed E-state index contributed by atoms with van der Waals surface area (Å²) >= 11 is 0. The van der Waals surface area contributed by atoms with Gasteiger partial charge in [0, 0.05) is 44.0 Å². The smallest absolute Gasteiger partial charge is 0.269 e. The van der Waals surface area contributed by atoms with E-state index in [2.05, 4.69) is 60.5 Å². The van der Waals surface area contributed by atoms with Crippen LogP contribution in [0.1, 0.15) is 90.5 Å². The summed E-state index contributed by atoms with van der Waals surface area (Å²) in [4.78, 5) is 11.3. The lowest BCUT2D eigenvalue weighted by molar-refractivity contribution is 0.223. The fraction of sp³-hybridized carbons (Fsp3) is 0.347. The van der Waals surface area contributed by atoms with Gasteiger partial charge in [0.25, 0.3) is 11.4 Å². The maximum atomic E-state index is 9.21. The Hall–Kier alpha value is -6.48. The first kappa shape index (κ1) is 41.7. The van der Waals surface area contributed by atoms with Gasteiger partial charge in [0.2, 0.25) is 0 Å². The highest BCUT2D eigenvalue weighted by Crippen LogP contribution is 2.49. The van der Waals surface area contributed by atoms with Crippen LogP contribution in [0.2, 0.25) is 0 Å². The zero-order chi connectivity index (χ0) is 41.7. The molecule has 2 aromatic carbocycles. The van der Waals surface area contributed by atoms with Crippen molar-refractivity contribution in [3.05, 3.63) is 164 Å². The first-order chi connectivity index (χ1) is 26.9. The van der Waals surface area contributed by atoms with Crippen LogP contribution in [0.3, 0.4) is 0 Å². The van der Waals surface area contributed by atoms with E-state index in [1.54, 1.807) is 24.3 Å². The molecule has 4 aliphatic heterocycles. The summed E-state index contributed by atoms with van der Waals surface area (Å²) in [5.41, 5.74) is 9.02. The van der Waals surface area contributed by atoms with Gasteiger partial charge in [-0.05, 0) is 125 Å². The number of ether oxygens (including phenoxy) is 2. The molecule has 0 saturated carbocycles. The first-order valence-corrected chi connectivity index (χ1v) is 19.2. The van der Waals surface area contributed by atoms with Gasteiger partial charge in [0.05, 0.1) is 25.3 Å². The van der Waals surface area contributed by atoms with E-state index in [1.807, 2.05) is 101 Å². The third kappa shape index (κ3) is 9.67. The normalized spacial score (nSPS) is 19.6. The van der Waals surface area contributed by atoms with Crippen LogP contribution in [-0.4, -0.2) is 27.2 Å². The zero-order valence-electron chi connectivity index (χ0n) is 34.9. The maximum Gasteiger partial charge on any atom is 0.269 e. The number of benzene rings is 2. The Labute approximate surface area is 339 Å². The van der Waals surface area contributed by atoms with Crippen LogP contribution < -0.4 is 9.80 Å². The Balaban J connectivity index is 0.000000221. The van der Waals surface area contributed by atoms with Gasteiger partial charge in [-0.3, -0.25) is 0 Å². The Morgan fingerprint density at radius 2 is 1.25 bits per heavy atom. The minimum absolute atomic E-state index is 0.0660. The van der Waals surface area contributed by atoms with Crippen molar-refractivity contribution < 1.29 is 9.47 Å². The summed E-state index contributed by atoms with van der Waals surface area (Å²) in [6.45, 7) is 34.0. The summed E-state index contributed by atoms with van der Waals surface area (Å²) in [6, 6.07) is 16.7. The molecule has 0 fully saturated rings. The van der Waals surface area contributed by atoms with Crippen LogP contribution in [0.25, 0.3) is 21.8 Å². The van der Waals surface area contributed by atoms with E-state index in [0.29, 0.717) is 28.4 Å². The number of anilines is 2. The molecule has 0 spiro atoms. The quantitative estimate of drug-likeness (QED) is 0.223. The number of nitrogens with zero attached hydrogens (tertiary/aromatic N) is 6. The highest BCUT2D eigenvalue weighted by Gasteiger charge is 2.39. The molecule has 0 aromatic heterocycles.